The SMILES string of the molecule is CCCCCCCC([Si](C)(C)C1=CC=CC1)[Si](C)(C)C1=CC=CC1. The zero-order valence-corrected chi connectivity index (χ0v) is 18.7. The maximum atomic E-state index is 2.67. The van der Waals surface area contributed by atoms with Crippen LogP contribution in [0.4, 0.5) is 0 Å². The number of allylic oxidation sites excluding steroid dienone is 8. The molecule has 2 aliphatic rings. The maximum absolute atomic E-state index is 2.67. The van der Waals surface area contributed by atoms with E-state index in [1.807, 2.05) is 0 Å². The highest BCUT2D eigenvalue weighted by Gasteiger charge is 2.46. The Bertz CT molecular complexity index is 490. The van der Waals surface area contributed by atoms with Gasteiger partial charge in [0.05, 0.1) is 16.1 Å². The van der Waals surface area contributed by atoms with Crippen LogP contribution in [0.1, 0.15) is 58.3 Å². The highest BCUT2D eigenvalue weighted by Crippen LogP contribution is 2.46. The van der Waals surface area contributed by atoms with E-state index >= 15 is 0 Å². The van der Waals surface area contributed by atoms with E-state index in [2.05, 4.69) is 69.6 Å². The van der Waals surface area contributed by atoms with E-state index in [9.17, 15) is 0 Å². The molecular weight excluding hydrogens is 320 g/mol. The molecule has 0 spiro atoms. The van der Waals surface area contributed by atoms with Gasteiger partial charge in [0.15, 0.2) is 0 Å². The molecule has 0 aliphatic heterocycles. The first-order valence-electron chi connectivity index (χ1n) is 10.1. The van der Waals surface area contributed by atoms with Crippen molar-refractivity contribution in [3.05, 3.63) is 46.8 Å². The lowest BCUT2D eigenvalue weighted by atomic mass is 10.1. The van der Waals surface area contributed by atoms with Crippen LogP contribution in [0, 0.1) is 0 Å². The van der Waals surface area contributed by atoms with Crippen molar-refractivity contribution < 1.29 is 0 Å². The molecule has 2 rings (SSSR count). The summed E-state index contributed by atoms with van der Waals surface area (Å²) in [6.07, 6.45) is 25.3. The first-order valence-corrected chi connectivity index (χ1v) is 16.3. The van der Waals surface area contributed by atoms with Crippen LogP contribution in [0.25, 0.3) is 0 Å². The number of hydrogen-bond acceptors (Lipinski definition) is 0. The van der Waals surface area contributed by atoms with Crippen LogP contribution in [0.5, 0.6) is 0 Å². The van der Waals surface area contributed by atoms with Crippen molar-refractivity contribution in [1.82, 2.24) is 0 Å². The van der Waals surface area contributed by atoms with Crippen LogP contribution in [-0.2, 0) is 0 Å². The quantitative estimate of drug-likeness (QED) is 0.280. The van der Waals surface area contributed by atoms with Gasteiger partial charge in [-0.25, -0.2) is 0 Å². The minimum Gasteiger partial charge on any atom is -0.0809 e. The van der Waals surface area contributed by atoms with Crippen LogP contribution in [-0.4, -0.2) is 16.1 Å². The van der Waals surface area contributed by atoms with Crippen LogP contribution in [0.15, 0.2) is 46.8 Å². The third-order valence-corrected chi connectivity index (χ3v) is 19.0. The predicted molar refractivity (Wildman–Crippen MR) is 116 cm³/mol. The minimum absolute atomic E-state index is 0.976. The van der Waals surface area contributed by atoms with Gasteiger partial charge in [-0.3, -0.25) is 0 Å². The molecule has 0 nitrogen and oxygen atoms in total. The van der Waals surface area contributed by atoms with Gasteiger partial charge in [-0.2, -0.15) is 0 Å². The molecule has 0 saturated heterocycles. The second-order valence-electron chi connectivity index (χ2n) is 8.85. The van der Waals surface area contributed by atoms with Crippen molar-refractivity contribution in [3.8, 4) is 0 Å². The van der Waals surface area contributed by atoms with Crippen molar-refractivity contribution in [2.45, 2.75) is 89.6 Å². The van der Waals surface area contributed by atoms with E-state index in [0.29, 0.717) is 0 Å². The third kappa shape index (κ3) is 4.51. The highest BCUT2D eigenvalue weighted by molar-refractivity contribution is 7.03. The van der Waals surface area contributed by atoms with Crippen LogP contribution >= 0.6 is 0 Å². The van der Waals surface area contributed by atoms with E-state index < -0.39 is 16.1 Å². The smallest absolute Gasteiger partial charge is 0.0766 e. The predicted octanol–water partition coefficient (Wildman–Crippen LogP) is 7.52. The summed E-state index contributed by atoms with van der Waals surface area (Å²) >= 11 is 0. The summed E-state index contributed by atoms with van der Waals surface area (Å²) in [5, 5.41) is 4.57. The summed E-state index contributed by atoms with van der Waals surface area (Å²) < 4.78 is 0. The molecule has 2 aliphatic carbocycles. The maximum Gasteiger partial charge on any atom is 0.0766 e. The zero-order valence-electron chi connectivity index (χ0n) is 16.7. The lowest BCUT2D eigenvalue weighted by molar-refractivity contribution is 0.612. The molecule has 0 aromatic carbocycles. The second-order valence-corrected chi connectivity index (χ2v) is 19.0. The van der Waals surface area contributed by atoms with E-state index in [1.54, 1.807) is 10.4 Å². The van der Waals surface area contributed by atoms with Crippen molar-refractivity contribution in [3.63, 3.8) is 0 Å². The van der Waals surface area contributed by atoms with Crippen molar-refractivity contribution >= 4 is 16.1 Å². The third-order valence-electron chi connectivity index (χ3n) is 6.54. The molecule has 0 radical (unpaired) electrons. The summed E-state index contributed by atoms with van der Waals surface area (Å²) in [5.74, 6) is 0. The van der Waals surface area contributed by atoms with Gasteiger partial charge in [0.1, 0.15) is 0 Å². The monoisotopic (exact) mass is 358 g/mol. The Morgan fingerprint density at radius 3 is 1.71 bits per heavy atom. The molecule has 0 amide bonds. The molecule has 0 fully saturated rings. The highest BCUT2D eigenvalue weighted by atomic mass is 28.4. The molecule has 0 aromatic heterocycles. The van der Waals surface area contributed by atoms with Gasteiger partial charge in [-0.1, -0.05) is 118 Å². The van der Waals surface area contributed by atoms with E-state index in [-0.39, 0.29) is 0 Å². The van der Waals surface area contributed by atoms with E-state index in [4.69, 9.17) is 0 Å². The van der Waals surface area contributed by atoms with Crippen LogP contribution < -0.4 is 0 Å². The van der Waals surface area contributed by atoms with Crippen LogP contribution in [0.3, 0.4) is 0 Å². The summed E-state index contributed by atoms with van der Waals surface area (Å²) in [6, 6.07) is 0. The molecule has 134 valence electrons. The number of unbranched alkanes of at least 4 members (excludes halogenated alkanes) is 4. The van der Waals surface area contributed by atoms with Gasteiger partial charge in [0, 0.05) is 0 Å². The van der Waals surface area contributed by atoms with Gasteiger partial charge in [0.2, 0.25) is 0 Å². The lowest BCUT2D eigenvalue weighted by Gasteiger charge is -2.44. The van der Waals surface area contributed by atoms with Crippen LogP contribution in [0.2, 0.25) is 31.4 Å². The Kier molecular flexibility index (Phi) is 7.12. The van der Waals surface area contributed by atoms with Gasteiger partial charge < -0.3 is 0 Å². The molecule has 0 bridgehead atoms. The van der Waals surface area contributed by atoms with Crippen molar-refractivity contribution in [2.24, 2.45) is 0 Å². The molecule has 0 N–H and O–H groups in total. The fraction of sp³-hybridized carbons (Fsp3) is 0.636. The van der Waals surface area contributed by atoms with Gasteiger partial charge in [-0.15, -0.1) is 0 Å². The van der Waals surface area contributed by atoms with E-state index in [1.165, 1.54) is 51.4 Å². The van der Waals surface area contributed by atoms with Crippen molar-refractivity contribution in [1.29, 1.82) is 0 Å². The standard InChI is InChI=1S/C22H38Si2/c1-6-7-8-9-10-19-22(23(2,3)20-15-11-12-16-20)24(4,5)21-17-13-14-18-21/h11-15,17,22H,6-10,16,18-19H2,1-5H3. The largest absolute Gasteiger partial charge is 0.0809 e. The van der Waals surface area contributed by atoms with Gasteiger partial charge in [0.25, 0.3) is 0 Å². The summed E-state index contributed by atoms with van der Waals surface area (Å²) in [7, 11) is -2.76. The summed E-state index contributed by atoms with van der Waals surface area (Å²) in [4.78, 5) is 0. The second kappa shape index (κ2) is 8.66. The van der Waals surface area contributed by atoms with Gasteiger partial charge >= 0.3 is 0 Å². The topological polar surface area (TPSA) is 0 Å². The van der Waals surface area contributed by atoms with Gasteiger partial charge in [-0.05, 0) is 18.0 Å². The molecule has 0 unspecified atom stereocenters. The normalized spacial score (nSPS) is 17.8. The Morgan fingerprint density at radius 1 is 0.792 bits per heavy atom. The Hall–Kier alpha value is -0.606. The molecule has 0 aromatic rings. The molecule has 0 heterocycles. The number of rotatable bonds is 10. The molecular formula is C22H38Si2. The molecule has 2 heteroatoms. The number of hydrogen-bond donors (Lipinski definition) is 0. The summed E-state index contributed by atoms with van der Waals surface area (Å²) in [5.41, 5.74) is 0. The zero-order chi connectivity index (χ0) is 17.6. The molecule has 0 atom stereocenters. The minimum atomic E-state index is -1.38. The Morgan fingerprint density at radius 2 is 1.29 bits per heavy atom. The Labute approximate surface area is 152 Å². The molecule has 0 saturated carbocycles. The van der Waals surface area contributed by atoms with Crippen molar-refractivity contribution in [2.75, 3.05) is 0 Å². The fourth-order valence-corrected chi connectivity index (χ4v) is 18.3. The Balaban J connectivity index is 2.14. The molecule has 24 heavy (non-hydrogen) atoms. The fourth-order valence-electron chi connectivity index (χ4n) is 4.87. The van der Waals surface area contributed by atoms with E-state index in [0.717, 1.165) is 5.16 Å². The first-order chi connectivity index (χ1) is 11.4. The summed E-state index contributed by atoms with van der Waals surface area (Å²) in [6.45, 7) is 13.0. The average Bonchev–Trinajstić information content (AvgIpc) is 3.24. The first kappa shape index (κ1) is 19.7. The average molecular weight is 359 g/mol. The lowest BCUT2D eigenvalue weighted by Crippen LogP contribution is -2.50.